The molecule has 0 spiro atoms. The summed E-state index contributed by atoms with van der Waals surface area (Å²) in [4.78, 5) is 4.91. The van der Waals surface area contributed by atoms with E-state index in [4.69, 9.17) is 9.40 Å². The standard InChI is InChI=1S/C24H33NO/c1-8-13-17-20(16-11-4)22-21(19(14-9-2)15-10-3)25-23(26-22)24(6,7)18-12-5/h8-10,13-17H,1-2,11-12,18H2,3-7H3/b15-10-,17-13-,19-14+,20-16+. The summed E-state index contributed by atoms with van der Waals surface area (Å²) in [6.45, 7) is 18.3. The van der Waals surface area contributed by atoms with E-state index in [2.05, 4.69) is 46.9 Å². The van der Waals surface area contributed by atoms with Crippen LogP contribution in [0.4, 0.5) is 0 Å². The molecular formula is C24H33NO. The molecule has 26 heavy (non-hydrogen) atoms. The maximum Gasteiger partial charge on any atom is 0.201 e. The van der Waals surface area contributed by atoms with E-state index >= 15 is 0 Å². The Balaban J connectivity index is 3.69. The molecule has 2 heteroatoms. The van der Waals surface area contributed by atoms with Crippen LogP contribution in [0.5, 0.6) is 0 Å². The van der Waals surface area contributed by atoms with Gasteiger partial charge in [-0.3, -0.25) is 0 Å². The molecule has 0 aliphatic heterocycles. The Kier molecular flexibility index (Phi) is 8.84. The monoisotopic (exact) mass is 351 g/mol. The predicted molar refractivity (Wildman–Crippen MR) is 115 cm³/mol. The second kappa shape index (κ2) is 10.6. The number of allylic oxidation sites excluding steroid dienone is 10. The van der Waals surface area contributed by atoms with Gasteiger partial charge in [-0.2, -0.15) is 0 Å². The third-order valence-electron chi connectivity index (χ3n) is 4.10. The van der Waals surface area contributed by atoms with E-state index in [-0.39, 0.29) is 5.41 Å². The second-order valence-electron chi connectivity index (χ2n) is 6.85. The van der Waals surface area contributed by atoms with Gasteiger partial charge in [0.25, 0.3) is 0 Å². The number of hydrogen-bond donors (Lipinski definition) is 0. The fourth-order valence-corrected chi connectivity index (χ4v) is 2.88. The van der Waals surface area contributed by atoms with Gasteiger partial charge in [0.05, 0.1) is 0 Å². The lowest BCUT2D eigenvalue weighted by atomic mass is 9.88. The van der Waals surface area contributed by atoms with Crippen LogP contribution in [-0.4, -0.2) is 4.98 Å². The van der Waals surface area contributed by atoms with Gasteiger partial charge in [0, 0.05) is 16.6 Å². The van der Waals surface area contributed by atoms with Crippen molar-refractivity contribution in [1.82, 2.24) is 4.98 Å². The topological polar surface area (TPSA) is 26.0 Å². The van der Waals surface area contributed by atoms with Crippen molar-refractivity contribution in [2.24, 2.45) is 0 Å². The highest BCUT2D eigenvalue weighted by Crippen LogP contribution is 2.35. The Bertz CT molecular complexity index is 723. The van der Waals surface area contributed by atoms with Crippen LogP contribution >= 0.6 is 0 Å². The lowest BCUT2D eigenvalue weighted by Crippen LogP contribution is -2.17. The van der Waals surface area contributed by atoms with E-state index < -0.39 is 0 Å². The molecule has 2 nitrogen and oxygen atoms in total. The summed E-state index contributed by atoms with van der Waals surface area (Å²) in [5.74, 6) is 1.58. The van der Waals surface area contributed by atoms with Crippen LogP contribution in [0, 0.1) is 0 Å². The number of aromatic nitrogens is 1. The van der Waals surface area contributed by atoms with Gasteiger partial charge in [0.2, 0.25) is 5.89 Å². The quantitative estimate of drug-likeness (QED) is 0.409. The smallest absolute Gasteiger partial charge is 0.201 e. The number of hydrogen-bond acceptors (Lipinski definition) is 2. The predicted octanol–water partition coefficient (Wildman–Crippen LogP) is 7.43. The molecule has 1 aromatic heterocycles. The first kappa shape index (κ1) is 21.7. The molecule has 0 N–H and O–H groups in total. The van der Waals surface area contributed by atoms with Gasteiger partial charge in [-0.25, -0.2) is 4.98 Å². The Morgan fingerprint density at radius 1 is 1.12 bits per heavy atom. The molecule has 1 rings (SSSR count). The molecule has 1 aromatic rings. The van der Waals surface area contributed by atoms with Crippen molar-refractivity contribution in [1.29, 1.82) is 0 Å². The molecule has 0 amide bonds. The van der Waals surface area contributed by atoms with Gasteiger partial charge >= 0.3 is 0 Å². The zero-order valence-electron chi connectivity index (χ0n) is 17.0. The van der Waals surface area contributed by atoms with Gasteiger partial charge in [0.1, 0.15) is 5.69 Å². The van der Waals surface area contributed by atoms with Crippen LogP contribution < -0.4 is 0 Å². The van der Waals surface area contributed by atoms with Crippen molar-refractivity contribution in [2.45, 2.75) is 59.3 Å². The van der Waals surface area contributed by atoms with Gasteiger partial charge in [-0.1, -0.05) is 95.9 Å². The van der Waals surface area contributed by atoms with E-state index in [1.165, 1.54) is 0 Å². The molecule has 0 fully saturated rings. The van der Waals surface area contributed by atoms with Crippen LogP contribution in [0.2, 0.25) is 0 Å². The molecule has 0 aromatic carbocycles. The lowest BCUT2D eigenvalue weighted by Gasteiger charge is -2.19. The normalized spacial score (nSPS) is 13.7. The summed E-state index contributed by atoms with van der Waals surface area (Å²) in [7, 11) is 0. The summed E-state index contributed by atoms with van der Waals surface area (Å²) in [6, 6.07) is 0. The zero-order valence-corrected chi connectivity index (χ0v) is 17.0. The minimum Gasteiger partial charge on any atom is -0.439 e. The van der Waals surface area contributed by atoms with Crippen LogP contribution in [0.25, 0.3) is 11.1 Å². The van der Waals surface area contributed by atoms with E-state index in [0.29, 0.717) is 0 Å². The molecule has 0 bridgehead atoms. The van der Waals surface area contributed by atoms with Crippen molar-refractivity contribution in [3.8, 4) is 0 Å². The van der Waals surface area contributed by atoms with Crippen LogP contribution in [-0.2, 0) is 5.41 Å². The SMILES string of the molecule is C=C/C=C\C(=C/CC)c1oc(C(C)(C)CCC)nc1C(/C=C\C)=C/C=C. The molecule has 0 saturated heterocycles. The van der Waals surface area contributed by atoms with Gasteiger partial charge in [-0.05, 0) is 19.8 Å². The average molecular weight is 352 g/mol. The van der Waals surface area contributed by atoms with Crippen molar-refractivity contribution in [2.75, 3.05) is 0 Å². The fraction of sp³-hybridized carbons (Fsp3) is 0.375. The van der Waals surface area contributed by atoms with Crippen molar-refractivity contribution in [3.05, 3.63) is 79.1 Å². The fourth-order valence-electron chi connectivity index (χ4n) is 2.88. The third-order valence-corrected chi connectivity index (χ3v) is 4.10. The Morgan fingerprint density at radius 2 is 1.85 bits per heavy atom. The van der Waals surface area contributed by atoms with Crippen LogP contribution in [0.1, 0.15) is 71.2 Å². The maximum atomic E-state index is 6.34. The Labute approximate surface area is 159 Å². The van der Waals surface area contributed by atoms with Crippen LogP contribution in [0.15, 0.2) is 66.2 Å². The van der Waals surface area contributed by atoms with Crippen molar-refractivity contribution in [3.63, 3.8) is 0 Å². The first-order chi connectivity index (χ1) is 12.4. The molecule has 1 heterocycles. The summed E-state index contributed by atoms with van der Waals surface area (Å²) in [6.07, 6.45) is 18.7. The Morgan fingerprint density at radius 3 is 2.38 bits per heavy atom. The number of rotatable bonds is 10. The third kappa shape index (κ3) is 5.59. The lowest BCUT2D eigenvalue weighted by molar-refractivity contribution is 0.344. The van der Waals surface area contributed by atoms with Gasteiger partial charge in [-0.15, -0.1) is 0 Å². The van der Waals surface area contributed by atoms with E-state index in [0.717, 1.165) is 47.8 Å². The summed E-state index contributed by atoms with van der Waals surface area (Å²) >= 11 is 0. The molecule has 0 radical (unpaired) electrons. The highest BCUT2D eigenvalue weighted by molar-refractivity contribution is 5.83. The average Bonchev–Trinajstić information content (AvgIpc) is 3.04. The summed E-state index contributed by atoms with van der Waals surface area (Å²) in [5, 5.41) is 0. The number of nitrogens with zero attached hydrogens (tertiary/aromatic N) is 1. The molecule has 0 saturated carbocycles. The minimum atomic E-state index is -0.115. The molecule has 0 unspecified atom stereocenters. The first-order valence-corrected chi connectivity index (χ1v) is 9.41. The largest absolute Gasteiger partial charge is 0.439 e. The van der Waals surface area contributed by atoms with Crippen molar-refractivity contribution >= 4 is 11.1 Å². The van der Waals surface area contributed by atoms with Gasteiger partial charge in [0.15, 0.2) is 5.76 Å². The Hall–Kier alpha value is -2.35. The maximum absolute atomic E-state index is 6.34. The van der Waals surface area contributed by atoms with Crippen molar-refractivity contribution < 1.29 is 4.42 Å². The number of oxazole rings is 1. The molecule has 0 aliphatic rings. The minimum absolute atomic E-state index is 0.115. The van der Waals surface area contributed by atoms with E-state index in [9.17, 15) is 0 Å². The molecule has 0 atom stereocenters. The molecule has 140 valence electrons. The molecule has 0 aliphatic carbocycles. The first-order valence-electron chi connectivity index (χ1n) is 9.41. The summed E-state index contributed by atoms with van der Waals surface area (Å²) in [5.41, 5.74) is 2.76. The van der Waals surface area contributed by atoms with E-state index in [1.54, 1.807) is 12.2 Å². The van der Waals surface area contributed by atoms with Gasteiger partial charge < -0.3 is 4.42 Å². The zero-order chi connectivity index (χ0) is 19.6. The summed E-state index contributed by atoms with van der Waals surface area (Å²) < 4.78 is 6.34. The highest BCUT2D eigenvalue weighted by atomic mass is 16.4. The second-order valence-corrected chi connectivity index (χ2v) is 6.85. The van der Waals surface area contributed by atoms with Crippen LogP contribution in [0.3, 0.4) is 0 Å². The van der Waals surface area contributed by atoms with E-state index in [1.807, 2.05) is 37.3 Å². The molecular weight excluding hydrogens is 318 g/mol. The highest BCUT2D eigenvalue weighted by Gasteiger charge is 2.29.